The second-order valence-electron chi connectivity index (χ2n) is 7.89. The quantitative estimate of drug-likeness (QED) is 0.364. The number of nitrogens with one attached hydrogen (secondary N) is 1. The van der Waals surface area contributed by atoms with Crippen LogP contribution in [-0.2, 0) is 22.8 Å². The molecule has 0 bridgehead atoms. The molecule has 3 aromatic carbocycles. The van der Waals surface area contributed by atoms with Gasteiger partial charge < -0.3 is 14.4 Å². The van der Waals surface area contributed by atoms with Crippen molar-refractivity contribution in [1.82, 2.24) is 4.90 Å². The predicted molar refractivity (Wildman–Crippen MR) is 126 cm³/mol. The lowest BCUT2D eigenvalue weighted by Crippen LogP contribution is -2.40. The number of hydrogen-bond acceptors (Lipinski definition) is 4. The Labute approximate surface area is 202 Å². The largest absolute Gasteiger partial charge is 0.416 e. The third-order valence-corrected chi connectivity index (χ3v) is 6.58. The Morgan fingerprint density at radius 3 is 2.26 bits per heavy atom. The van der Waals surface area contributed by atoms with Crippen molar-refractivity contribution in [2.24, 2.45) is 0 Å². The molecule has 35 heavy (non-hydrogen) atoms. The number of urea groups is 1. The molecule has 0 aromatic heterocycles. The number of carbonyl (C=O) groups excluding carboxylic acids is 1. The Morgan fingerprint density at radius 2 is 1.66 bits per heavy atom. The minimum absolute atomic E-state index is 0.0602. The van der Waals surface area contributed by atoms with Crippen LogP contribution in [0.3, 0.4) is 0 Å². The number of carbonyl (C=O) groups is 1. The molecule has 1 N–H and O–H groups in total. The molecule has 2 amide bonds. The van der Waals surface area contributed by atoms with Crippen molar-refractivity contribution in [2.45, 2.75) is 43.9 Å². The van der Waals surface area contributed by atoms with E-state index in [0.29, 0.717) is 11.8 Å². The van der Waals surface area contributed by atoms with Crippen LogP contribution in [0.2, 0.25) is 0 Å². The lowest BCUT2D eigenvalue weighted by atomic mass is 10.1. The second kappa shape index (κ2) is 10.8. The summed E-state index contributed by atoms with van der Waals surface area (Å²) >= 11 is 0. The summed E-state index contributed by atoms with van der Waals surface area (Å²) in [6.45, 7) is 4.14. The van der Waals surface area contributed by atoms with Crippen LogP contribution >= 0.6 is 0 Å². The maximum Gasteiger partial charge on any atom is 0.416 e. The topological polar surface area (TPSA) is 75.7 Å². The Balaban J connectivity index is 1.73. The SMILES string of the molecule is CC[C@@H](C)N(Cc1ccc(OS(=O)(=O)c2cccc(C(F)(F)F)c2)cc1)C(=O)Nc1ccccc1. The predicted octanol–water partition coefficient (Wildman–Crippen LogP) is 6.31. The molecule has 186 valence electrons. The fourth-order valence-corrected chi connectivity index (χ4v) is 4.19. The Morgan fingerprint density at radius 1 is 1.00 bits per heavy atom. The molecule has 3 rings (SSSR count). The van der Waals surface area contributed by atoms with Crippen molar-refractivity contribution >= 4 is 21.8 Å². The van der Waals surface area contributed by atoms with Gasteiger partial charge in [0.15, 0.2) is 0 Å². The van der Waals surface area contributed by atoms with Crippen LogP contribution in [0.1, 0.15) is 31.4 Å². The van der Waals surface area contributed by atoms with Crippen LogP contribution in [0.5, 0.6) is 5.75 Å². The zero-order valence-electron chi connectivity index (χ0n) is 19.1. The normalized spacial score (nSPS) is 12.6. The van der Waals surface area contributed by atoms with Crippen LogP contribution in [-0.4, -0.2) is 25.4 Å². The number of halogens is 3. The van der Waals surface area contributed by atoms with Crippen LogP contribution < -0.4 is 9.50 Å². The third-order valence-electron chi connectivity index (χ3n) is 5.34. The number of para-hydroxylation sites is 1. The Bertz CT molecular complexity index is 1250. The molecule has 0 heterocycles. The number of rotatable bonds is 8. The highest BCUT2D eigenvalue weighted by Crippen LogP contribution is 2.31. The molecule has 0 spiro atoms. The van der Waals surface area contributed by atoms with E-state index >= 15 is 0 Å². The number of nitrogens with zero attached hydrogens (tertiary/aromatic N) is 1. The Kier molecular flexibility index (Phi) is 8.06. The molecule has 0 fully saturated rings. The van der Waals surface area contributed by atoms with E-state index in [2.05, 4.69) is 5.32 Å². The minimum Gasteiger partial charge on any atom is -0.379 e. The number of alkyl halides is 3. The molecule has 0 radical (unpaired) electrons. The highest BCUT2D eigenvalue weighted by Gasteiger charge is 2.32. The first-order chi connectivity index (χ1) is 16.5. The van der Waals surface area contributed by atoms with Crippen molar-refractivity contribution in [3.8, 4) is 5.75 Å². The average Bonchev–Trinajstić information content (AvgIpc) is 2.83. The van der Waals surface area contributed by atoms with E-state index < -0.39 is 26.8 Å². The molecular weight excluding hydrogens is 481 g/mol. The van der Waals surface area contributed by atoms with Gasteiger partial charge in [-0.25, -0.2) is 4.79 Å². The number of anilines is 1. The zero-order valence-corrected chi connectivity index (χ0v) is 19.9. The van der Waals surface area contributed by atoms with Gasteiger partial charge >= 0.3 is 22.3 Å². The van der Waals surface area contributed by atoms with E-state index in [0.717, 1.165) is 30.2 Å². The van der Waals surface area contributed by atoms with Gasteiger partial charge in [0.05, 0.1) is 5.56 Å². The van der Waals surface area contributed by atoms with Gasteiger partial charge in [0, 0.05) is 18.3 Å². The molecule has 0 aliphatic rings. The summed E-state index contributed by atoms with van der Waals surface area (Å²) < 4.78 is 68.8. The molecule has 0 saturated carbocycles. The first-order valence-electron chi connectivity index (χ1n) is 10.8. The van der Waals surface area contributed by atoms with Crippen molar-refractivity contribution in [1.29, 1.82) is 0 Å². The maximum atomic E-state index is 12.9. The van der Waals surface area contributed by atoms with Crippen molar-refractivity contribution in [3.05, 3.63) is 90.0 Å². The fourth-order valence-electron chi connectivity index (χ4n) is 3.21. The number of amides is 2. The minimum atomic E-state index is -4.68. The van der Waals surface area contributed by atoms with E-state index in [1.807, 2.05) is 32.0 Å². The van der Waals surface area contributed by atoms with E-state index in [1.165, 1.54) is 12.1 Å². The van der Waals surface area contributed by atoms with Gasteiger partial charge in [-0.1, -0.05) is 43.3 Å². The molecule has 3 aromatic rings. The molecule has 10 heteroatoms. The molecule has 0 saturated heterocycles. The Hall–Kier alpha value is -3.53. The standard InChI is InChI=1S/C25H25F3N2O4S/c1-3-18(2)30(24(31)29-21-9-5-4-6-10-21)17-19-12-14-22(15-13-19)34-35(32,33)23-11-7-8-20(16-23)25(26,27)28/h4-16,18H,3,17H2,1-2H3,(H,29,31)/t18-/m1/s1. The van der Waals surface area contributed by atoms with E-state index in [1.54, 1.807) is 29.2 Å². The van der Waals surface area contributed by atoms with Crippen molar-refractivity contribution in [2.75, 3.05) is 5.32 Å². The summed E-state index contributed by atoms with van der Waals surface area (Å²) in [6.07, 6.45) is -3.96. The summed E-state index contributed by atoms with van der Waals surface area (Å²) in [4.78, 5) is 13.9. The summed E-state index contributed by atoms with van der Waals surface area (Å²) in [6, 6.07) is 18.0. The lowest BCUT2D eigenvalue weighted by molar-refractivity contribution is -0.137. The molecule has 6 nitrogen and oxygen atoms in total. The number of hydrogen-bond donors (Lipinski definition) is 1. The van der Waals surface area contributed by atoms with Crippen LogP contribution in [0.25, 0.3) is 0 Å². The fraction of sp³-hybridized carbons (Fsp3) is 0.240. The van der Waals surface area contributed by atoms with Gasteiger partial charge in [-0.15, -0.1) is 0 Å². The molecule has 0 unspecified atom stereocenters. The first-order valence-corrected chi connectivity index (χ1v) is 12.2. The monoisotopic (exact) mass is 506 g/mol. The van der Waals surface area contributed by atoms with E-state index in [4.69, 9.17) is 4.18 Å². The summed E-state index contributed by atoms with van der Waals surface area (Å²) in [5, 5.41) is 2.86. The molecular formula is C25H25F3N2O4S. The summed E-state index contributed by atoms with van der Waals surface area (Å²) in [5.74, 6) is -0.0602. The molecule has 1 atom stereocenters. The van der Waals surface area contributed by atoms with Gasteiger partial charge in [0.2, 0.25) is 0 Å². The zero-order chi connectivity index (χ0) is 25.6. The number of benzene rings is 3. The van der Waals surface area contributed by atoms with Crippen LogP contribution in [0.15, 0.2) is 83.8 Å². The van der Waals surface area contributed by atoms with Crippen molar-refractivity contribution in [3.63, 3.8) is 0 Å². The second-order valence-corrected chi connectivity index (χ2v) is 9.43. The summed E-state index contributed by atoms with van der Waals surface area (Å²) in [7, 11) is -4.47. The van der Waals surface area contributed by atoms with Gasteiger partial charge in [0.1, 0.15) is 10.6 Å². The lowest BCUT2D eigenvalue weighted by Gasteiger charge is -2.29. The van der Waals surface area contributed by atoms with Crippen LogP contribution in [0, 0.1) is 0 Å². The van der Waals surface area contributed by atoms with Crippen LogP contribution in [0.4, 0.5) is 23.7 Å². The highest BCUT2D eigenvalue weighted by atomic mass is 32.2. The maximum absolute atomic E-state index is 12.9. The highest BCUT2D eigenvalue weighted by molar-refractivity contribution is 7.87. The van der Waals surface area contributed by atoms with Gasteiger partial charge in [-0.3, -0.25) is 0 Å². The van der Waals surface area contributed by atoms with Gasteiger partial charge in [-0.05, 0) is 61.4 Å². The van der Waals surface area contributed by atoms with Crippen molar-refractivity contribution < 1.29 is 30.6 Å². The summed E-state index contributed by atoms with van der Waals surface area (Å²) in [5.41, 5.74) is 0.295. The van der Waals surface area contributed by atoms with Gasteiger partial charge in [0.25, 0.3) is 0 Å². The average molecular weight is 507 g/mol. The van der Waals surface area contributed by atoms with E-state index in [9.17, 15) is 26.4 Å². The van der Waals surface area contributed by atoms with E-state index in [-0.39, 0.29) is 24.4 Å². The first kappa shape index (κ1) is 26.1. The smallest absolute Gasteiger partial charge is 0.379 e. The van der Waals surface area contributed by atoms with Gasteiger partial charge in [-0.2, -0.15) is 21.6 Å². The molecule has 0 aliphatic heterocycles. The third kappa shape index (κ3) is 6.98. The molecule has 0 aliphatic carbocycles.